The Kier molecular flexibility index (Phi) is 4.94. The van der Waals surface area contributed by atoms with E-state index < -0.39 is 0 Å². The fraction of sp³-hybridized carbons (Fsp3) is 0.857. The Morgan fingerprint density at radius 3 is 2.50 bits per heavy atom. The zero-order chi connectivity index (χ0) is 7.98. The molecule has 1 atom stereocenters. The number of amidine groups is 1. The largest absolute Gasteiger partial charge is 0.388 e. The second kappa shape index (κ2) is 5.23. The minimum atomic E-state index is 0.141. The number of ether oxygens (including phenoxy) is 1. The van der Waals surface area contributed by atoms with Crippen LogP contribution in [-0.4, -0.2) is 18.5 Å². The molecule has 0 aliphatic carbocycles. The van der Waals surface area contributed by atoms with Crippen LogP contribution in [0.1, 0.15) is 26.7 Å². The van der Waals surface area contributed by atoms with E-state index >= 15 is 0 Å². The fourth-order valence-corrected chi connectivity index (χ4v) is 0.802. The van der Waals surface area contributed by atoms with Crippen molar-refractivity contribution in [2.75, 3.05) is 6.61 Å². The van der Waals surface area contributed by atoms with Crippen LogP contribution >= 0.6 is 0 Å². The monoisotopic (exact) mass is 144 g/mol. The van der Waals surface area contributed by atoms with Gasteiger partial charge in [-0.15, -0.1) is 0 Å². The maximum absolute atomic E-state index is 7.00. The topological polar surface area (TPSA) is 59.1 Å². The predicted molar refractivity (Wildman–Crippen MR) is 42.2 cm³/mol. The van der Waals surface area contributed by atoms with Gasteiger partial charge in [0, 0.05) is 13.0 Å². The van der Waals surface area contributed by atoms with Gasteiger partial charge in [0.2, 0.25) is 0 Å². The van der Waals surface area contributed by atoms with E-state index in [1.165, 1.54) is 0 Å². The summed E-state index contributed by atoms with van der Waals surface area (Å²) in [4.78, 5) is 0. The normalized spacial score (nSPS) is 13.0. The molecule has 3 N–H and O–H groups in total. The molecule has 0 bridgehead atoms. The molecule has 0 fully saturated rings. The molecule has 60 valence electrons. The van der Waals surface area contributed by atoms with E-state index in [9.17, 15) is 0 Å². The molecule has 0 saturated carbocycles. The van der Waals surface area contributed by atoms with E-state index in [0.29, 0.717) is 13.0 Å². The smallest absolute Gasteiger partial charge is 0.0931 e. The highest BCUT2D eigenvalue weighted by Gasteiger charge is 2.05. The molecule has 0 rings (SSSR count). The first kappa shape index (κ1) is 9.43. The van der Waals surface area contributed by atoms with Crippen molar-refractivity contribution in [1.82, 2.24) is 0 Å². The molecule has 0 aromatic rings. The van der Waals surface area contributed by atoms with Gasteiger partial charge in [0.15, 0.2) is 0 Å². The van der Waals surface area contributed by atoms with Crippen LogP contribution in [0.25, 0.3) is 0 Å². The highest BCUT2D eigenvalue weighted by molar-refractivity contribution is 5.77. The van der Waals surface area contributed by atoms with Gasteiger partial charge < -0.3 is 10.5 Å². The van der Waals surface area contributed by atoms with E-state index in [-0.39, 0.29) is 11.9 Å². The Hall–Kier alpha value is -0.570. The second-order valence-corrected chi connectivity index (χ2v) is 2.21. The van der Waals surface area contributed by atoms with Gasteiger partial charge in [-0.25, -0.2) is 0 Å². The third-order valence-electron chi connectivity index (χ3n) is 1.31. The van der Waals surface area contributed by atoms with Crippen LogP contribution in [0.5, 0.6) is 0 Å². The van der Waals surface area contributed by atoms with Crippen molar-refractivity contribution in [3.05, 3.63) is 0 Å². The molecule has 0 spiro atoms. The molecule has 0 saturated heterocycles. The van der Waals surface area contributed by atoms with Gasteiger partial charge in [-0.2, -0.15) is 0 Å². The number of hydrogen-bond donors (Lipinski definition) is 2. The van der Waals surface area contributed by atoms with Gasteiger partial charge in [0.05, 0.1) is 11.9 Å². The minimum Gasteiger partial charge on any atom is -0.388 e. The Morgan fingerprint density at radius 2 is 2.20 bits per heavy atom. The molecular formula is C7H16N2O. The molecule has 0 radical (unpaired) electrons. The molecule has 3 heteroatoms. The molecule has 0 heterocycles. The quantitative estimate of drug-likeness (QED) is 0.449. The van der Waals surface area contributed by atoms with E-state index in [1.807, 2.05) is 13.8 Å². The van der Waals surface area contributed by atoms with Crippen LogP contribution in [0.15, 0.2) is 0 Å². The van der Waals surface area contributed by atoms with Gasteiger partial charge >= 0.3 is 0 Å². The average Bonchev–Trinajstić information content (AvgIpc) is 1.86. The Bertz CT molecular complexity index is 104. The van der Waals surface area contributed by atoms with Crippen LogP contribution < -0.4 is 5.73 Å². The van der Waals surface area contributed by atoms with Crippen LogP contribution in [0.4, 0.5) is 0 Å². The van der Waals surface area contributed by atoms with Gasteiger partial charge in [-0.05, 0) is 13.3 Å². The van der Waals surface area contributed by atoms with Crippen molar-refractivity contribution in [2.45, 2.75) is 32.8 Å². The maximum Gasteiger partial charge on any atom is 0.0931 e. The van der Waals surface area contributed by atoms with Gasteiger partial charge in [0.25, 0.3) is 0 Å². The maximum atomic E-state index is 7.00. The van der Waals surface area contributed by atoms with Crippen molar-refractivity contribution in [3.63, 3.8) is 0 Å². The summed E-state index contributed by atoms with van der Waals surface area (Å²) < 4.78 is 5.28. The summed E-state index contributed by atoms with van der Waals surface area (Å²) in [6.07, 6.45) is 1.63. The van der Waals surface area contributed by atoms with Crippen LogP contribution in [-0.2, 0) is 4.74 Å². The standard InChI is InChI=1S/C7H16N2O/c1-3-6(10-4-2)5-7(8)9/h6H,3-5H2,1-2H3,(H3,8,9). The summed E-state index contributed by atoms with van der Waals surface area (Å²) in [5, 5.41) is 7.00. The van der Waals surface area contributed by atoms with Crippen LogP contribution in [0, 0.1) is 5.41 Å². The zero-order valence-electron chi connectivity index (χ0n) is 6.68. The Morgan fingerprint density at radius 1 is 1.60 bits per heavy atom. The summed E-state index contributed by atoms with van der Waals surface area (Å²) in [6, 6.07) is 0. The van der Waals surface area contributed by atoms with Gasteiger partial charge in [-0.3, -0.25) is 5.41 Å². The zero-order valence-corrected chi connectivity index (χ0v) is 6.68. The highest BCUT2D eigenvalue weighted by Crippen LogP contribution is 2.01. The van der Waals surface area contributed by atoms with Crippen molar-refractivity contribution < 1.29 is 4.74 Å². The molecule has 0 aromatic heterocycles. The van der Waals surface area contributed by atoms with E-state index in [0.717, 1.165) is 6.42 Å². The molecule has 10 heavy (non-hydrogen) atoms. The molecule has 0 aliphatic heterocycles. The second-order valence-electron chi connectivity index (χ2n) is 2.21. The lowest BCUT2D eigenvalue weighted by Crippen LogP contribution is -2.21. The summed E-state index contributed by atoms with van der Waals surface area (Å²) in [5.74, 6) is 0.209. The molecule has 0 aliphatic rings. The molecule has 0 aromatic carbocycles. The third-order valence-corrected chi connectivity index (χ3v) is 1.31. The van der Waals surface area contributed by atoms with E-state index in [4.69, 9.17) is 15.9 Å². The number of hydrogen-bond acceptors (Lipinski definition) is 2. The van der Waals surface area contributed by atoms with Crippen molar-refractivity contribution >= 4 is 5.84 Å². The summed E-state index contributed by atoms with van der Waals surface area (Å²) in [7, 11) is 0. The van der Waals surface area contributed by atoms with Crippen molar-refractivity contribution in [2.24, 2.45) is 5.73 Å². The number of rotatable bonds is 5. The molecule has 3 nitrogen and oxygen atoms in total. The first-order valence-electron chi connectivity index (χ1n) is 3.65. The summed E-state index contributed by atoms with van der Waals surface area (Å²) in [6.45, 7) is 4.68. The number of nitrogens with one attached hydrogen (secondary N) is 1. The molecule has 0 amide bonds. The summed E-state index contributed by atoms with van der Waals surface area (Å²) >= 11 is 0. The minimum absolute atomic E-state index is 0.141. The van der Waals surface area contributed by atoms with Gasteiger partial charge in [0.1, 0.15) is 0 Å². The summed E-state index contributed by atoms with van der Waals surface area (Å²) in [5.41, 5.74) is 5.20. The van der Waals surface area contributed by atoms with Crippen molar-refractivity contribution in [3.8, 4) is 0 Å². The lowest BCUT2D eigenvalue weighted by molar-refractivity contribution is 0.0653. The van der Waals surface area contributed by atoms with Crippen LogP contribution in [0.2, 0.25) is 0 Å². The molecule has 1 unspecified atom stereocenters. The lowest BCUT2D eigenvalue weighted by atomic mass is 10.2. The predicted octanol–water partition coefficient (Wildman–Crippen LogP) is 1.13. The first-order valence-corrected chi connectivity index (χ1v) is 3.65. The van der Waals surface area contributed by atoms with E-state index in [2.05, 4.69) is 0 Å². The van der Waals surface area contributed by atoms with Gasteiger partial charge in [-0.1, -0.05) is 6.92 Å². The highest BCUT2D eigenvalue weighted by atomic mass is 16.5. The van der Waals surface area contributed by atoms with Crippen molar-refractivity contribution in [1.29, 1.82) is 5.41 Å². The molecular weight excluding hydrogens is 128 g/mol. The SMILES string of the molecule is CCOC(CC)CC(=N)N. The van der Waals surface area contributed by atoms with E-state index in [1.54, 1.807) is 0 Å². The average molecular weight is 144 g/mol. The Balaban J connectivity index is 3.49. The lowest BCUT2D eigenvalue weighted by Gasteiger charge is -2.12. The Labute approximate surface area is 62.1 Å². The van der Waals surface area contributed by atoms with Crippen LogP contribution in [0.3, 0.4) is 0 Å². The number of nitrogens with two attached hydrogens (primary N) is 1. The first-order chi connectivity index (χ1) is 4.70. The third kappa shape index (κ3) is 4.32. The fourth-order valence-electron chi connectivity index (χ4n) is 0.802.